The van der Waals surface area contributed by atoms with E-state index in [4.69, 9.17) is 0 Å². The molecule has 1 aliphatic heterocycles. The van der Waals surface area contributed by atoms with Crippen molar-refractivity contribution in [1.82, 2.24) is 0 Å². The zero-order valence-electron chi connectivity index (χ0n) is 9.79. The van der Waals surface area contributed by atoms with Gasteiger partial charge in [0.15, 0.2) is 0 Å². The van der Waals surface area contributed by atoms with Crippen molar-refractivity contribution in [3.8, 4) is 0 Å². The molecule has 0 bridgehead atoms. The molecule has 1 aromatic rings. The van der Waals surface area contributed by atoms with Crippen LogP contribution in [0, 0.1) is 0 Å². The number of benzene rings is 1. The third-order valence-electron chi connectivity index (χ3n) is 3.93. The average Bonchev–Trinajstić information content (AvgIpc) is 2.73. The van der Waals surface area contributed by atoms with Gasteiger partial charge in [-0.05, 0) is 43.0 Å². The van der Waals surface area contributed by atoms with Crippen LogP contribution in [0.25, 0.3) is 0 Å². The molecule has 0 spiro atoms. The van der Waals surface area contributed by atoms with Crippen molar-refractivity contribution in [2.45, 2.75) is 38.1 Å². The van der Waals surface area contributed by atoms with Gasteiger partial charge in [0.1, 0.15) is 5.78 Å². The van der Waals surface area contributed by atoms with Crippen molar-refractivity contribution in [1.29, 1.82) is 0 Å². The fraction of sp³-hybridized carbons (Fsp3) is 0.500. The SMILES string of the molecule is O=C1CCC(N2CCc3cc(Br)ccc32)CC1. The summed E-state index contributed by atoms with van der Waals surface area (Å²) in [5, 5.41) is 0. The quantitative estimate of drug-likeness (QED) is 0.792. The van der Waals surface area contributed by atoms with Gasteiger partial charge in [0.05, 0.1) is 0 Å². The predicted octanol–water partition coefficient (Wildman–Crippen LogP) is 3.32. The normalized spacial score (nSPS) is 20.8. The third-order valence-corrected chi connectivity index (χ3v) is 4.42. The molecule has 3 rings (SSSR count). The Morgan fingerprint density at radius 1 is 1.18 bits per heavy atom. The number of rotatable bonds is 1. The number of hydrogen-bond donors (Lipinski definition) is 0. The molecular weight excluding hydrogens is 278 g/mol. The Bertz CT molecular complexity index is 448. The van der Waals surface area contributed by atoms with Gasteiger partial charge in [-0.25, -0.2) is 0 Å². The van der Waals surface area contributed by atoms with Gasteiger partial charge in [-0.3, -0.25) is 4.79 Å². The van der Waals surface area contributed by atoms with Crippen LogP contribution in [0.4, 0.5) is 5.69 Å². The van der Waals surface area contributed by atoms with Crippen LogP contribution in [0.1, 0.15) is 31.2 Å². The smallest absolute Gasteiger partial charge is 0.133 e. The van der Waals surface area contributed by atoms with Gasteiger partial charge in [0.2, 0.25) is 0 Å². The molecule has 0 unspecified atom stereocenters. The summed E-state index contributed by atoms with van der Waals surface area (Å²) in [6, 6.07) is 7.13. The molecule has 1 aromatic carbocycles. The minimum absolute atomic E-state index is 0.441. The summed E-state index contributed by atoms with van der Waals surface area (Å²) < 4.78 is 1.16. The van der Waals surface area contributed by atoms with E-state index in [0.29, 0.717) is 11.8 Å². The van der Waals surface area contributed by atoms with E-state index in [2.05, 4.69) is 39.0 Å². The summed E-state index contributed by atoms with van der Waals surface area (Å²) in [6.45, 7) is 1.12. The van der Waals surface area contributed by atoms with Crippen molar-refractivity contribution in [3.63, 3.8) is 0 Å². The molecule has 17 heavy (non-hydrogen) atoms. The zero-order chi connectivity index (χ0) is 11.8. The van der Waals surface area contributed by atoms with E-state index in [1.165, 1.54) is 11.3 Å². The second-order valence-electron chi connectivity index (χ2n) is 4.99. The van der Waals surface area contributed by atoms with Crippen LogP contribution in [-0.4, -0.2) is 18.4 Å². The third kappa shape index (κ3) is 2.13. The number of nitrogens with zero attached hydrogens (tertiary/aromatic N) is 1. The fourth-order valence-corrected chi connectivity index (χ4v) is 3.42. The molecule has 1 saturated carbocycles. The predicted molar refractivity (Wildman–Crippen MR) is 72.5 cm³/mol. The first-order chi connectivity index (χ1) is 8.24. The first kappa shape index (κ1) is 11.3. The highest BCUT2D eigenvalue weighted by atomic mass is 79.9. The van der Waals surface area contributed by atoms with E-state index < -0.39 is 0 Å². The zero-order valence-corrected chi connectivity index (χ0v) is 11.4. The minimum atomic E-state index is 0.441. The Labute approximate surface area is 110 Å². The van der Waals surface area contributed by atoms with Gasteiger partial charge in [-0.15, -0.1) is 0 Å². The van der Waals surface area contributed by atoms with E-state index >= 15 is 0 Å². The molecule has 0 saturated heterocycles. The molecule has 3 heteroatoms. The summed E-state index contributed by atoms with van der Waals surface area (Å²) in [4.78, 5) is 13.8. The highest BCUT2D eigenvalue weighted by molar-refractivity contribution is 9.10. The number of carbonyl (C=O) groups excluding carboxylic acids is 1. The van der Waals surface area contributed by atoms with E-state index in [-0.39, 0.29) is 0 Å². The summed E-state index contributed by atoms with van der Waals surface area (Å²) in [6.07, 6.45) is 4.75. The number of fused-ring (bicyclic) bond motifs is 1. The lowest BCUT2D eigenvalue weighted by Gasteiger charge is -2.32. The molecule has 0 aromatic heterocycles. The van der Waals surface area contributed by atoms with Crippen LogP contribution in [0.3, 0.4) is 0 Å². The van der Waals surface area contributed by atoms with Gasteiger partial charge < -0.3 is 4.90 Å². The minimum Gasteiger partial charge on any atom is -0.368 e. The molecule has 1 heterocycles. The first-order valence-electron chi connectivity index (χ1n) is 6.31. The molecule has 1 aliphatic carbocycles. The van der Waals surface area contributed by atoms with Gasteiger partial charge in [-0.1, -0.05) is 15.9 Å². The van der Waals surface area contributed by atoms with E-state index in [1.807, 2.05) is 0 Å². The largest absolute Gasteiger partial charge is 0.368 e. The second kappa shape index (κ2) is 4.45. The molecule has 1 fully saturated rings. The molecule has 2 aliphatic rings. The Hall–Kier alpha value is -0.830. The molecule has 0 amide bonds. The lowest BCUT2D eigenvalue weighted by molar-refractivity contribution is -0.120. The van der Waals surface area contributed by atoms with Crippen molar-refractivity contribution in [2.75, 3.05) is 11.4 Å². The maximum Gasteiger partial charge on any atom is 0.133 e. The molecular formula is C14H16BrNO. The highest BCUT2D eigenvalue weighted by Crippen LogP contribution is 2.35. The van der Waals surface area contributed by atoms with Gasteiger partial charge in [0.25, 0.3) is 0 Å². The molecule has 90 valence electrons. The van der Waals surface area contributed by atoms with Crippen LogP contribution in [0.5, 0.6) is 0 Å². The Morgan fingerprint density at radius 2 is 1.94 bits per heavy atom. The fourth-order valence-electron chi connectivity index (χ4n) is 3.01. The number of carbonyl (C=O) groups is 1. The monoisotopic (exact) mass is 293 g/mol. The van der Waals surface area contributed by atoms with Gasteiger partial charge >= 0.3 is 0 Å². The average molecular weight is 294 g/mol. The summed E-state index contributed by atoms with van der Waals surface area (Å²) in [5.74, 6) is 0.441. The number of halogens is 1. The standard InChI is InChI=1S/C14H16BrNO/c15-11-1-6-14-10(9-11)7-8-16(14)12-2-4-13(17)5-3-12/h1,6,9,12H,2-5,7-8H2. The van der Waals surface area contributed by atoms with Crippen molar-refractivity contribution >= 4 is 27.4 Å². The summed E-state index contributed by atoms with van der Waals surface area (Å²) in [7, 11) is 0. The Balaban J connectivity index is 1.81. The first-order valence-corrected chi connectivity index (χ1v) is 7.10. The van der Waals surface area contributed by atoms with E-state index in [9.17, 15) is 4.79 Å². The lowest BCUT2D eigenvalue weighted by Crippen LogP contribution is -2.37. The molecule has 2 nitrogen and oxygen atoms in total. The summed E-state index contributed by atoms with van der Waals surface area (Å²) >= 11 is 3.53. The second-order valence-corrected chi connectivity index (χ2v) is 5.90. The van der Waals surface area contributed by atoms with Crippen molar-refractivity contribution < 1.29 is 4.79 Å². The summed E-state index contributed by atoms with van der Waals surface area (Å²) in [5.41, 5.74) is 2.82. The Morgan fingerprint density at radius 3 is 2.71 bits per heavy atom. The number of hydrogen-bond acceptors (Lipinski definition) is 2. The van der Waals surface area contributed by atoms with Crippen LogP contribution >= 0.6 is 15.9 Å². The van der Waals surface area contributed by atoms with Gasteiger partial charge in [-0.2, -0.15) is 0 Å². The van der Waals surface area contributed by atoms with E-state index in [0.717, 1.165) is 43.1 Å². The van der Waals surface area contributed by atoms with Crippen LogP contribution in [0.15, 0.2) is 22.7 Å². The maximum absolute atomic E-state index is 11.3. The topological polar surface area (TPSA) is 20.3 Å². The Kier molecular flexibility index (Phi) is 2.95. The highest BCUT2D eigenvalue weighted by Gasteiger charge is 2.29. The van der Waals surface area contributed by atoms with Crippen molar-refractivity contribution in [2.24, 2.45) is 0 Å². The van der Waals surface area contributed by atoms with Gasteiger partial charge in [0, 0.05) is 35.6 Å². The van der Waals surface area contributed by atoms with E-state index in [1.54, 1.807) is 0 Å². The molecule has 0 atom stereocenters. The lowest BCUT2D eigenvalue weighted by atomic mass is 9.93. The number of anilines is 1. The van der Waals surface area contributed by atoms with Crippen molar-refractivity contribution in [3.05, 3.63) is 28.2 Å². The number of ketones is 1. The van der Waals surface area contributed by atoms with Crippen LogP contribution in [-0.2, 0) is 11.2 Å². The number of Topliss-reactive ketones (excluding diaryl/α,β-unsaturated/α-hetero) is 1. The van der Waals surface area contributed by atoms with Crippen LogP contribution in [0.2, 0.25) is 0 Å². The maximum atomic E-state index is 11.3. The molecule has 0 radical (unpaired) electrons. The molecule has 0 N–H and O–H groups in total. The van der Waals surface area contributed by atoms with Crippen LogP contribution < -0.4 is 4.90 Å².